The van der Waals surface area contributed by atoms with Gasteiger partial charge in [0.05, 0.1) is 12.2 Å². The van der Waals surface area contributed by atoms with Crippen molar-refractivity contribution >= 4 is 11.7 Å². The molecule has 0 aliphatic heterocycles. The average Bonchev–Trinajstić information content (AvgIpc) is 3.26. The molecule has 2 saturated carbocycles. The molecule has 0 radical (unpaired) electrons. The number of nitrogens with one attached hydrogen (secondary N) is 1. The normalized spacial score (nSPS) is 30.7. The molecular formula is C33H33F5N2O3. The first-order valence-electron chi connectivity index (χ1n) is 14.7. The van der Waals surface area contributed by atoms with Gasteiger partial charge in [0.25, 0.3) is 5.91 Å². The molecule has 1 heterocycles. The van der Waals surface area contributed by atoms with Gasteiger partial charge in [0.1, 0.15) is 5.60 Å². The summed E-state index contributed by atoms with van der Waals surface area (Å²) in [5.41, 5.74) is -0.368. The van der Waals surface area contributed by atoms with E-state index < -0.39 is 41.4 Å². The Morgan fingerprint density at radius 1 is 1.05 bits per heavy atom. The standard InChI is InChI=1S/C33H33F5N2O3/c1-30-17-26(19-5-7-20(8-6-19)29(42)40-18-22-4-2-3-15-39-22)28-24-12-10-23(41)16-21(24)9-11-25(28)27(30)13-14-31(30,43)32(34,35)33(36,37)38/h2-8,15-16,25-27,43H,9-14,17-18H2,1H3,(H,40,42)/t25-,26+,27-,30-,31-/m0/s1. The number of aromatic nitrogens is 1. The summed E-state index contributed by atoms with van der Waals surface area (Å²) in [5, 5.41) is 14.2. The summed E-state index contributed by atoms with van der Waals surface area (Å²) in [7, 11) is 0. The minimum Gasteiger partial charge on any atom is -0.383 e. The summed E-state index contributed by atoms with van der Waals surface area (Å²) in [6, 6.07) is 12.0. The van der Waals surface area contributed by atoms with Crippen LogP contribution in [0.5, 0.6) is 0 Å². The van der Waals surface area contributed by atoms with Crippen LogP contribution in [0.4, 0.5) is 22.0 Å². The topological polar surface area (TPSA) is 79.3 Å². The van der Waals surface area contributed by atoms with Crippen LogP contribution in [0.3, 0.4) is 0 Å². The second kappa shape index (κ2) is 10.4. The van der Waals surface area contributed by atoms with E-state index in [0.717, 1.165) is 16.7 Å². The number of fused-ring (bicyclic) bond motifs is 4. The Morgan fingerprint density at radius 2 is 1.79 bits per heavy atom. The van der Waals surface area contributed by atoms with Gasteiger partial charge in [-0.15, -0.1) is 0 Å². The van der Waals surface area contributed by atoms with Gasteiger partial charge in [0.2, 0.25) is 0 Å². The smallest absolute Gasteiger partial charge is 0.383 e. The van der Waals surface area contributed by atoms with Gasteiger partial charge >= 0.3 is 12.1 Å². The number of halogens is 5. The first-order chi connectivity index (χ1) is 20.3. The Bertz CT molecular complexity index is 1500. The zero-order chi connectivity index (χ0) is 30.8. The van der Waals surface area contributed by atoms with Gasteiger partial charge < -0.3 is 10.4 Å². The number of benzene rings is 1. The SMILES string of the molecule is C[C@]12C[C@H](c3ccc(C(=O)NCc4ccccn4)cc3)C3=C4CCC(=O)C=C4CC[C@H]3[C@@H]1CC[C@@]2(O)C(F)(F)C(F)(F)F. The highest BCUT2D eigenvalue weighted by molar-refractivity contribution is 5.94. The first-order valence-corrected chi connectivity index (χ1v) is 14.7. The van der Waals surface area contributed by atoms with Crippen LogP contribution >= 0.6 is 0 Å². The third kappa shape index (κ3) is 4.64. The lowest BCUT2D eigenvalue weighted by atomic mass is 9.50. The van der Waals surface area contributed by atoms with E-state index in [9.17, 15) is 27.9 Å². The zero-order valence-corrected chi connectivity index (χ0v) is 23.7. The van der Waals surface area contributed by atoms with E-state index in [4.69, 9.17) is 0 Å². The molecule has 2 N–H and O–H groups in total. The van der Waals surface area contributed by atoms with E-state index in [2.05, 4.69) is 10.3 Å². The van der Waals surface area contributed by atoms with Gasteiger partial charge in [0, 0.05) is 29.5 Å². The molecule has 5 atom stereocenters. The molecule has 1 amide bonds. The first kappa shape index (κ1) is 29.7. The van der Waals surface area contributed by atoms with Crippen molar-refractivity contribution in [2.24, 2.45) is 17.3 Å². The lowest BCUT2D eigenvalue weighted by Crippen LogP contribution is -2.65. The lowest BCUT2D eigenvalue weighted by Gasteiger charge is -2.56. The van der Waals surface area contributed by atoms with Gasteiger partial charge in [-0.1, -0.05) is 30.7 Å². The van der Waals surface area contributed by atoms with E-state index in [0.29, 0.717) is 42.5 Å². The highest BCUT2D eigenvalue weighted by atomic mass is 19.4. The van der Waals surface area contributed by atoms with E-state index in [-0.39, 0.29) is 37.0 Å². The van der Waals surface area contributed by atoms with Crippen LogP contribution in [0, 0.1) is 17.3 Å². The van der Waals surface area contributed by atoms with Crippen molar-refractivity contribution in [3.05, 3.63) is 88.3 Å². The second-order valence-corrected chi connectivity index (χ2v) is 12.6. The second-order valence-electron chi connectivity index (χ2n) is 12.6. The number of ketones is 1. The van der Waals surface area contributed by atoms with Crippen LogP contribution in [0.2, 0.25) is 0 Å². The molecule has 0 spiro atoms. The van der Waals surface area contributed by atoms with Crippen LogP contribution in [0.25, 0.3) is 0 Å². The molecule has 2 fully saturated rings. The maximum absolute atomic E-state index is 15.2. The van der Waals surface area contributed by atoms with Crippen molar-refractivity contribution < 1.29 is 36.6 Å². The van der Waals surface area contributed by atoms with Gasteiger partial charge in [-0.2, -0.15) is 22.0 Å². The molecule has 1 aromatic heterocycles. The maximum atomic E-state index is 15.2. The molecule has 0 saturated heterocycles. The number of carbonyl (C=O) groups excluding carboxylic acids is 2. The van der Waals surface area contributed by atoms with E-state index in [1.54, 1.807) is 48.7 Å². The number of nitrogens with zero attached hydrogens (tertiary/aromatic N) is 1. The predicted octanol–water partition coefficient (Wildman–Crippen LogP) is 6.84. The van der Waals surface area contributed by atoms with Crippen molar-refractivity contribution in [3.63, 3.8) is 0 Å². The summed E-state index contributed by atoms with van der Waals surface area (Å²) in [5.74, 6) is -7.03. The largest absolute Gasteiger partial charge is 0.456 e. The van der Waals surface area contributed by atoms with Crippen molar-refractivity contribution in [1.29, 1.82) is 0 Å². The zero-order valence-electron chi connectivity index (χ0n) is 23.7. The molecule has 0 bridgehead atoms. The van der Waals surface area contributed by atoms with Crippen molar-refractivity contribution in [3.8, 4) is 0 Å². The number of hydrogen-bond donors (Lipinski definition) is 2. The summed E-state index contributed by atoms with van der Waals surface area (Å²) in [4.78, 5) is 29.2. The molecule has 5 nitrogen and oxygen atoms in total. The predicted molar refractivity (Wildman–Crippen MR) is 148 cm³/mol. The lowest BCUT2D eigenvalue weighted by molar-refractivity contribution is -0.362. The molecule has 228 valence electrons. The Hall–Kier alpha value is -3.40. The fourth-order valence-corrected chi connectivity index (χ4v) is 8.36. The molecule has 1 aromatic carbocycles. The van der Waals surface area contributed by atoms with Crippen LogP contribution in [-0.4, -0.2) is 39.5 Å². The van der Waals surface area contributed by atoms with Crippen molar-refractivity contribution in [2.75, 3.05) is 0 Å². The third-order valence-corrected chi connectivity index (χ3v) is 10.5. The Balaban J connectivity index is 1.38. The summed E-state index contributed by atoms with van der Waals surface area (Å²) >= 11 is 0. The number of aliphatic hydroxyl groups is 1. The van der Waals surface area contributed by atoms with E-state index >= 15 is 8.78 Å². The number of amides is 1. The summed E-state index contributed by atoms with van der Waals surface area (Å²) in [6.45, 7) is 1.62. The highest BCUT2D eigenvalue weighted by Gasteiger charge is 2.79. The van der Waals surface area contributed by atoms with Crippen LogP contribution in [0.15, 0.2) is 71.5 Å². The Kier molecular flexibility index (Phi) is 7.14. The van der Waals surface area contributed by atoms with E-state index in [1.807, 2.05) is 6.07 Å². The molecule has 43 heavy (non-hydrogen) atoms. The molecule has 2 aromatic rings. The summed E-state index contributed by atoms with van der Waals surface area (Å²) < 4.78 is 71.6. The van der Waals surface area contributed by atoms with Gasteiger partial charge in [-0.25, -0.2) is 0 Å². The van der Waals surface area contributed by atoms with Crippen LogP contribution < -0.4 is 5.32 Å². The fourth-order valence-electron chi connectivity index (χ4n) is 8.36. The minimum atomic E-state index is -5.90. The van der Waals surface area contributed by atoms with Crippen molar-refractivity contribution in [1.82, 2.24) is 10.3 Å². The van der Waals surface area contributed by atoms with Crippen molar-refractivity contribution in [2.45, 2.75) is 82.0 Å². The average molecular weight is 601 g/mol. The number of pyridine rings is 1. The van der Waals surface area contributed by atoms with Crippen LogP contribution in [0.1, 0.15) is 79.4 Å². The van der Waals surface area contributed by atoms with E-state index in [1.165, 1.54) is 6.92 Å². The van der Waals surface area contributed by atoms with Gasteiger partial charge in [0.15, 0.2) is 5.78 Å². The molecular weight excluding hydrogens is 567 g/mol. The quantitative estimate of drug-likeness (QED) is 0.369. The molecule has 4 aliphatic carbocycles. The molecule has 0 unspecified atom stereocenters. The molecule has 6 rings (SSSR count). The Morgan fingerprint density at radius 3 is 2.47 bits per heavy atom. The van der Waals surface area contributed by atoms with Crippen LogP contribution in [-0.2, 0) is 11.3 Å². The number of rotatable bonds is 5. The molecule has 4 aliphatic rings. The minimum absolute atomic E-state index is 0.0242. The number of alkyl halides is 5. The van der Waals surface area contributed by atoms with Gasteiger partial charge in [-0.05, 0) is 97.4 Å². The highest BCUT2D eigenvalue weighted by Crippen LogP contribution is 2.70. The maximum Gasteiger partial charge on any atom is 0.456 e. The number of allylic oxidation sites excluding steroid dienone is 4. The van der Waals surface area contributed by atoms with Gasteiger partial charge in [-0.3, -0.25) is 14.6 Å². The molecule has 10 heteroatoms. The number of carbonyl (C=O) groups is 2. The fraction of sp³-hybridized carbons (Fsp3) is 0.485. The number of hydrogen-bond acceptors (Lipinski definition) is 4. The summed E-state index contributed by atoms with van der Waals surface area (Å²) in [6.07, 6.45) is -1.48. The third-order valence-electron chi connectivity index (χ3n) is 10.5. The Labute approximate surface area is 246 Å². The monoisotopic (exact) mass is 600 g/mol.